The number of benzene rings is 3. The van der Waals surface area contributed by atoms with Crippen molar-refractivity contribution in [3.05, 3.63) is 128 Å². The van der Waals surface area contributed by atoms with E-state index in [1.165, 1.54) is 26.6 Å². The summed E-state index contributed by atoms with van der Waals surface area (Å²) in [4.78, 5) is 28.8. The first-order valence-corrected chi connectivity index (χ1v) is 17.3. The number of carbonyl (C=O) groups is 2. The molecule has 1 aromatic heterocycles. The van der Waals surface area contributed by atoms with E-state index < -0.39 is 17.9 Å². The summed E-state index contributed by atoms with van der Waals surface area (Å²) in [5, 5.41) is 26.1. The fourth-order valence-corrected chi connectivity index (χ4v) is 7.67. The van der Waals surface area contributed by atoms with Crippen LogP contribution in [0.3, 0.4) is 0 Å². The quantitative estimate of drug-likeness (QED) is 0.0947. The molecule has 3 aliphatic heterocycles. The summed E-state index contributed by atoms with van der Waals surface area (Å²) in [5.41, 5.74) is 3.28. The Balaban J connectivity index is 1.35. The molecule has 3 saturated heterocycles. The number of methoxy groups -OCH3 is 2. The Bertz CT molecular complexity index is 1830. The Hall–Kier alpha value is -4.35. The van der Waals surface area contributed by atoms with E-state index in [1.807, 2.05) is 42.5 Å². The second-order valence-corrected chi connectivity index (χ2v) is 13.5. The number of nitrogens with one attached hydrogen (secondary N) is 1. The summed E-state index contributed by atoms with van der Waals surface area (Å²) in [7, 11) is 3.06. The van der Waals surface area contributed by atoms with Crippen molar-refractivity contribution >= 4 is 35.1 Å². The number of carbonyl (C=O) groups excluding carboxylic acids is 1. The maximum absolute atomic E-state index is 13.8. The number of esters is 1. The Morgan fingerprint density at radius 3 is 2.28 bits per heavy atom. The van der Waals surface area contributed by atoms with Gasteiger partial charge in [0.25, 0.3) is 0 Å². The van der Waals surface area contributed by atoms with E-state index in [2.05, 4.69) is 10.2 Å². The molecule has 2 bridgehead atoms. The molecule has 2 N–H and O–H groups in total. The lowest BCUT2D eigenvalue weighted by Gasteiger charge is -2.44. The zero-order valence-electron chi connectivity index (χ0n) is 27.8. The van der Waals surface area contributed by atoms with Crippen molar-refractivity contribution in [2.45, 2.75) is 43.9 Å². The second kappa shape index (κ2) is 15.7. The molecule has 0 spiro atoms. The summed E-state index contributed by atoms with van der Waals surface area (Å²) in [6.45, 7) is 3.07. The smallest absolute Gasteiger partial charge is 0.335 e. The van der Waals surface area contributed by atoms with Crippen LogP contribution in [-0.4, -0.2) is 61.9 Å². The van der Waals surface area contributed by atoms with E-state index in [4.69, 9.17) is 37.4 Å². The molecule has 262 valence electrons. The van der Waals surface area contributed by atoms with Crippen LogP contribution >= 0.6 is 23.2 Å². The highest BCUT2D eigenvalue weighted by Crippen LogP contribution is 2.39. The van der Waals surface area contributed by atoms with Gasteiger partial charge in [-0.1, -0.05) is 71.7 Å². The lowest BCUT2D eigenvalue weighted by atomic mass is 9.82. The van der Waals surface area contributed by atoms with E-state index >= 15 is 0 Å². The Labute approximate surface area is 301 Å². The van der Waals surface area contributed by atoms with Crippen LogP contribution in [0.25, 0.3) is 0 Å². The van der Waals surface area contributed by atoms with Gasteiger partial charge in [0.05, 0.1) is 19.8 Å². The molecule has 3 aromatic carbocycles. The molecule has 3 aliphatic rings. The van der Waals surface area contributed by atoms with Crippen molar-refractivity contribution in [3.8, 4) is 11.5 Å². The van der Waals surface area contributed by atoms with Gasteiger partial charge < -0.3 is 24.5 Å². The highest BCUT2D eigenvalue weighted by Gasteiger charge is 2.38. The van der Waals surface area contributed by atoms with E-state index in [-0.39, 0.29) is 40.6 Å². The minimum absolute atomic E-state index is 0.0805. The first-order chi connectivity index (χ1) is 24.1. The lowest BCUT2D eigenvalue weighted by molar-refractivity contribution is -0.605. The molecule has 0 aliphatic carbocycles. The summed E-state index contributed by atoms with van der Waals surface area (Å²) in [6.07, 6.45) is 4.50. The first kappa shape index (κ1) is 35.5. The van der Waals surface area contributed by atoms with Crippen molar-refractivity contribution in [1.82, 2.24) is 10.2 Å². The van der Waals surface area contributed by atoms with Gasteiger partial charge in [0, 0.05) is 24.6 Å². The number of hydrogen-bond donors (Lipinski definition) is 2. The van der Waals surface area contributed by atoms with Crippen LogP contribution in [0.5, 0.6) is 11.5 Å². The van der Waals surface area contributed by atoms with Crippen LogP contribution in [0.15, 0.2) is 79.1 Å². The van der Waals surface area contributed by atoms with Crippen molar-refractivity contribution in [3.63, 3.8) is 0 Å². The van der Waals surface area contributed by atoms with Crippen molar-refractivity contribution in [2.24, 2.45) is 5.92 Å². The monoisotopic (exact) mass is 719 g/mol. The number of hydrogen-bond acceptors (Lipinski definition) is 8. The first-order valence-electron chi connectivity index (χ1n) is 16.5. The average Bonchev–Trinajstić information content (AvgIpc) is 3.12. The van der Waals surface area contributed by atoms with Gasteiger partial charge >= 0.3 is 11.9 Å². The topological polar surface area (TPSA) is 124 Å². The predicted octanol–water partition coefficient (Wildman–Crippen LogP) is 6.19. The van der Waals surface area contributed by atoms with Crippen molar-refractivity contribution < 1.29 is 33.6 Å². The Kier molecular flexibility index (Phi) is 11.1. The second-order valence-electron chi connectivity index (χ2n) is 12.7. The van der Waals surface area contributed by atoms with Crippen LogP contribution in [-0.2, 0) is 22.5 Å². The molecule has 4 heterocycles. The van der Waals surface area contributed by atoms with Gasteiger partial charge in [0.1, 0.15) is 22.2 Å². The standard InChI is InChI=1S/C38H39Cl2N3O7/c1-48-33-11-9-26(17-34(33)49-2)28(18-30-31(39)20-43(47)21-32(30)40)29-16-23(8-10-27(29)37(44)45)19-41-36(25-6-4-3-5-7-25)38(46)50-35-22-42-14-12-24(35)13-15-42/h3-11,16-17,20-21,24,28,35-36,41H,12-15,18-19,22H2,1-2H3,(H,44,45)/t28-,35-,36?/m0/s1. The molecular weight excluding hydrogens is 681 g/mol. The van der Waals surface area contributed by atoms with E-state index in [1.54, 1.807) is 24.3 Å². The Morgan fingerprint density at radius 2 is 1.66 bits per heavy atom. The number of halogens is 2. The molecule has 0 saturated carbocycles. The molecule has 4 aromatic rings. The number of aromatic carboxylic acids is 1. The lowest BCUT2D eigenvalue weighted by Crippen LogP contribution is -2.52. The minimum Gasteiger partial charge on any atom is -0.619 e. The maximum atomic E-state index is 13.8. The summed E-state index contributed by atoms with van der Waals surface area (Å²) in [5.74, 6) is -0.720. The third kappa shape index (κ3) is 7.84. The van der Waals surface area contributed by atoms with Crippen molar-refractivity contribution in [1.29, 1.82) is 0 Å². The summed E-state index contributed by atoms with van der Waals surface area (Å²) >= 11 is 13.1. The van der Waals surface area contributed by atoms with Crippen molar-refractivity contribution in [2.75, 3.05) is 33.9 Å². The SMILES string of the molecule is COc1ccc([C@H](Cc2c(Cl)c[n+]([O-])cc2Cl)c2cc(CNC(C(=O)O[C@H]3CN4CCC3CC4)c3ccccc3)ccc2C(=O)O)cc1OC. The van der Waals surface area contributed by atoms with Gasteiger partial charge in [-0.2, -0.15) is 4.73 Å². The number of pyridine rings is 1. The highest BCUT2D eigenvalue weighted by molar-refractivity contribution is 6.35. The molecule has 1 unspecified atom stereocenters. The third-order valence-corrected chi connectivity index (χ3v) is 10.4. The number of ether oxygens (including phenoxy) is 3. The van der Waals surface area contributed by atoms with Gasteiger partial charge in [-0.25, -0.2) is 9.59 Å². The van der Waals surface area contributed by atoms with Gasteiger partial charge in [-0.3, -0.25) is 10.2 Å². The number of fused-ring (bicyclic) bond motifs is 3. The fraction of sp³-hybridized carbons (Fsp3) is 0.342. The molecule has 3 atom stereocenters. The third-order valence-electron chi connectivity index (χ3n) is 9.74. The van der Waals surface area contributed by atoms with Gasteiger partial charge in [0.2, 0.25) is 0 Å². The van der Waals surface area contributed by atoms with Gasteiger partial charge in [-0.05, 0) is 78.7 Å². The number of rotatable bonds is 13. The fourth-order valence-electron chi connectivity index (χ4n) is 7.08. The number of piperidine rings is 3. The van der Waals surface area contributed by atoms with E-state index in [0.29, 0.717) is 38.8 Å². The minimum atomic E-state index is -1.11. The number of aromatic nitrogens is 1. The van der Waals surface area contributed by atoms with Crippen LogP contribution in [0.1, 0.15) is 63.0 Å². The maximum Gasteiger partial charge on any atom is 0.335 e. The van der Waals surface area contributed by atoms with Crippen LogP contribution < -0.4 is 19.5 Å². The molecule has 0 amide bonds. The Morgan fingerprint density at radius 1 is 0.960 bits per heavy atom. The molecule has 7 rings (SSSR count). The highest BCUT2D eigenvalue weighted by atomic mass is 35.5. The zero-order valence-corrected chi connectivity index (χ0v) is 29.3. The number of carboxylic acids is 1. The molecule has 50 heavy (non-hydrogen) atoms. The van der Waals surface area contributed by atoms with Gasteiger partial charge in [0.15, 0.2) is 23.9 Å². The largest absolute Gasteiger partial charge is 0.619 e. The van der Waals surface area contributed by atoms with Crippen LogP contribution in [0.4, 0.5) is 0 Å². The number of carboxylic acid groups (broad SMARTS) is 1. The van der Waals surface area contributed by atoms with Crippen LogP contribution in [0.2, 0.25) is 10.0 Å². The zero-order chi connectivity index (χ0) is 35.4. The van der Waals surface area contributed by atoms with E-state index in [9.17, 15) is 19.9 Å². The molecule has 0 radical (unpaired) electrons. The average molecular weight is 721 g/mol. The van der Waals surface area contributed by atoms with Gasteiger partial charge in [-0.15, -0.1) is 0 Å². The van der Waals surface area contributed by atoms with E-state index in [0.717, 1.165) is 43.6 Å². The normalized spacial score (nSPS) is 19.4. The molecule has 12 heteroatoms. The predicted molar refractivity (Wildman–Crippen MR) is 189 cm³/mol. The molecule has 10 nitrogen and oxygen atoms in total. The molecular formula is C38H39Cl2N3O7. The van der Waals surface area contributed by atoms with Crippen LogP contribution in [0, 0.1) is 11.1 Å². The summed E-state index contributed by atoms with van der Waals surface area (Å²) < 4.78 is 17.7. The summed E-state index contributed by atoms with van der Waals surface area (Å²) in [6, 6.07) is 19.2. The molecule has 3 fully saturated rings. The number of nitrogens with zero attached hydrogens (tertiary/aromatic N) is 2.